The molecule has 0 radical (unpaired) electrons. The molecule has 0 spiro atoms. The molecule has 0 aromatic heterocycles. The molecule has 0 atom stereocenters. The molecule has 5 nitrogen and oxygen atoms in total. The van der Waals surface area contributed by atoms with E-state index in [9.17, 15) is 0 Å². The van der Waals surface area contributed by atoms with Crippen molar-refractivity contribution in [3.05, 3.63) is 11.9 Å². The molecule has 1 aliphatic heterocycles. The average molecular weight is 149 g/mol. The van der Waals surface area contributed by atoms with Crippen LogP contribution in [0.1, 0.15) is 0 Å². The Balaban J connectivity index is 3.04. The standard InChI is InChI=1S/C6H7N5/c1-11-2-5(9)6(3-7,4-8)10-11/h2,10H,9H2,1H3. The van der Waals surface area contributed by atoms with E-state index in [-0.39, 0.29) is 5.70 Å². The van der Waals surface area contributed by atoms with E-state index < -0.39 is 5.54 Å². The van der Waals surface area contributed by atoms with E-state index in [1.807, 2.05) is 0 Å². The van der Waals surface area contributed by atoms with Crippen molar-refractivity contribution in [3.63, 3.8) is 0 Å². The molecule has 0 fully saturated rings. The average Bonchev–Trinajstić information content (AvgIpc) is 2.27. The van der Waals surface area contributed by atoms with E-state index in [4.69, 9.17) is 16.3 Å². The molecule has 3 N–H and O–H groups in total. The Hall–Kier alpha value is -1.72. The Morgan fingerprint density at radius 3 is 2.36 bits per heavy atom. The third kappa shape index (κ3) is 0.878. The van der Waals surface area contributed by atoms with E-state index in [1.54, 1.807) is 19.2 Å². The highest BCUT2D eigenvalue weighted by atomic mass is 15.5. The summed E-state index contributed by atoms with van der Waals surface area (Å²) in [4.78, 5) is 0. The van der Waals surface area contributed by atoms with Crippen molar-refractivity contribution in [1.82, 2.24) is 10.4 Å². The molecule has 56 valence electrons. The minimum atomic E-state index is -1.37. The summed E-state index contributed by atoms with van der Waals surface area (Å²) in [6.45, 7) is 0. The van der Waals surface area contributed by atoms with Gasteiger partial charge in [0.15, 0.2) is 0 Å². The highest BCUT2D eigenvalue weighted by Gasteiger charge is 2.38. The summed E-state index contributed by atoms with van der Waals surface area (Å²) in [6, 6.07) is 3.60. The fourth-order valence-corrected chi connectivity index (χ4v) is 0.871. The molecule has 0 amide bonds. The topological polar surface area (TPSA) is 88.9 Å². The second kappa shape index (κ2) is 2.15. The van der Waals surface area contributed by atoms with E-state index in [0.717, 1.165) is 0 Å². The zero-order valence-electron chi connectivity index (χ0n) is 6.00. The van der Waals surface area contributed by atoms with E-state index >= 15 is 0 Å². The molecule has 0 aromatic carbocycles. The van der Waals surface area contributed by atoms with Gasteiger partial charge in [-0.15, -0.1) is 0 Å². The molecule has 0 aromatic rings. The number of nitrogens with zero attached hydrogens (tertiary/aromatic N) is 3. The van der Waals surface area contributed by atoms with Crippen LogP contribution in [0.25, 0.3) is 0 Å². The number of hydrazine groups is 1. The number of nitrogens with one attached hydrogen (secondary N) is 1. The Labute approximate surface area is 64.3 Å². The third-order valence-corrected chi connectivity index (χ3v) is 1.45. The zero-order valence-corrected chi connectivity index (χ0v) is 6.00. The first-order valence-corrected chi connectivity index (χ1v) is 2.95. The van der Waals surface area contributed by atoms with Crippen molar-refractivity contribution in [2.75, 3.05) is 7.05 Å². The normalized spacial score (nSPS) is 20.3. The van der Waals surface area contributed by atoms with Crippen molar-refractivity contribution >= 4 is 0 Å². The molecule has 0 unspecified atom stereocenters. The van der Waals surface area contributed by atoms with Crippen LogP contribution in [0, 0.1) is 22.7 Å². The van der Waals surface area contributed by atoms with Crippen molar-refractivity contribution in [2.24, 2.45) is 5.73 Å². The molecular formula is C6H7N5. The van der Waals surface area contributed by atoms with Gasteiger partial charge in [0, 0.05) is 13.2 Å². The minimum absolute atomic E-state index is 0.227. The Morgan fingerprint density at radius 1 is 1.64 bits per heavy atom. The minimum Gasteiger partial charge on any atom is -0.397 e. The van der Waals surface area contributed by atoms with Crippen molar-refractivity contribution in [2.45, 2.75) is 5.54 Å². The van der Waals surface area contributed by atoms with Gasteiger partial charge in [-0.05, 0) is 0 Å². The van der Waals surface area contributed by atoms with E-state index in [0.29, 0.717) is 0 Å². The molecule has 0 saturated heterocycles. The Kier molecular flexibility index (Phi) is 1.45. The van der Waals surface area contributed by atoms with Crippen LogP contribution in [-0.2, 0) is 0 Å². The van der Waals surface area contributed by atoms with Crippen LogP contribution in [-0.4, -0.2) is 17.6 Å². The van der Waals surface area contributed by atoms with Gasteiger partial charge >= 0.3 is 0 Å². The summed E-state index contributed by atoms with van der Waals surface area (Å²) >= 11 is 0. The first-order chi connectivity index (χ1) is 5.14. The van der Waals surface area contributed by atoms with Crippen LogP contribution in [0.5, 0.6) is 0 Å². The summed E-state index contributed by atoms with van der Waals surface area (Å²) in [6.07, 6.45) is 1.51. The lowest BCUT2D eigenvalue weighted by Crippen LogP contribution is -2.46. The summed E-state index contributed by atoms with van der Waals surface area (Å²) in [7, 11) is 1.67. The van der Waals surface area contributed by atoms with Crippen LogP contribution >= 0.6 is 0 Å². The molecule has 0 saturated carbocycles. The fourth-order valence-electron chi connectivity index (χ4n) is 0.871. The van der Waals surface area contributed by atoms with Gasteiger partial charge in [-0.1, -0.05) is 0 Å². The summed E-state index contributed by atoms with van der Waals surface area (Å²) < 4.78 is 0. The van der Waals surface area contributed by atoms with Crippen molar-refractivity contribution in [3.8, 4) is 12.1 Å². The summed E-state index contributed by atoms with van der Waals surface area (Å²) in [5, 5.41) is 18.7. The molecule has 0 bridgehead atoms. The Bertz CT molecular complexity index is 264. The largest absolute Gasteiger partial charge is 0.397 e. The first-order valence-electron chi connectivity index (χ1n) is 2.95. The van der Waals surface area contributed by atoms with Crippen LogP contribution < -0.4 is 11.2 Å². The highest BCUT2D eigenvalue weighted by Crippen LogP contribution is 2.16. The lowest BCUT2D eigenvalue weighted by molar-refractivity contribution is 0.322. The van der Waals surface area contributed by atoms with Gasteiger partial charge in [0.25, 0.3) is 5.54 Å². The second-order valence-corrected chi connectivity index (χ2v) is 2.28. The van der Waals surface area contributed by atoms with Gasteiger partial charge in [-0.3, -0.25) is 0 Å². The van der Waals surface area contributed by atoms with Crippen LogP contribution in [0.15, 0.2) is 11.9 Å². The van der Waals surface area contributed by atoms with Crippen molar-refractivity contribution in [1.29, 1.82) is 10.5 Å². The van der Waals surface area contributed by atoms with Gasteiger partial charge < -0.3 is 10.7 Å². The number of hydrogen-bond donors (Lipinski definition) is 2. The SMILES string of the molecule is CN1C=C(N)C(C#N)(C#N)N1. The third-order valence-electron chi connectivity index (χ3n) is 1.45. The predicted molar refractivity (Wildman–Crippen MR) is 37.1 cm³/mol. The van der Waals surface area contributed by atoms with Gasteiger partial charge in [-0.25, -0.2) is 0 Å². The van der Waals surface area contributed by atoms with Crippen LogP contribution in [0.2, 0.25) is 0 Å². The van der Waals surface area contributed by atoms with E-state index in [1.165, 1.54) is 11.2 Å². The van der Waals surface area contributed by atoms with Crippen LogP contribution in [0.3, 0.4) is 0 Å². The molecule has 1 rings (SSSR count). The predicted octanol–water partition coefficient (Wildman–Crippen LogP) is -0.978. The summed E-state index contributed by atoms with van der Waals surface area (Å²) in [5.41, 5.74) is 6.91. The van der Waals surface area contributed by atoms with Gasteiger partial charge in [0.2, 0.25) is 0 Å². The van der Waals surface area contributed by atoms with Gasteiger partial charge in [0.05, 0.1) is 5.70 Å². The monoisotopic (exact) mass is 149 g/mol. The second-order valence-electron chi connectivity index (χ2n) is 2.28. The number of hydrogen-bond acceptors (Lipinski definition) is 5. The first kappa shape index (κ1) is 7.39. The highest BCUT2D eigenvalue weighted by molar-refractivity contribution is 5.40. The van der Waals surface area contributed by atoms with Crippen molar-refractivity contribution < 1.29 is 0 Å². The number of nitriles is 2. The zero-order chi connectivity index (χ0) is 8.48. The van der Waals surface area contributed by atoms with Crippen LogP contribution in [0.4, 0.5) is 0 Å². The molecule has 0 aliphatic carbocycles. The van der Waals surface area contributed by atoms with E-state index in [2.05, 4.69) is 5.43 Å². The van der Waals surface area contributed by atoms with Gasteiger partial charge in [-0.2, -0.15) is 15.9 Å². The van der Waals surface area contributed by atoms with Gasteiger partial charge in [0.1, 0.15) is 12.1 Å². The molecular weight excluding hydrogens is 142 g/mol. The lowest BCUT2D eigenvalue weighted by atomic mass is 10.0. The molecule has 11 heavy (non-hydrogen) atoms. The maximum Gasteiger partial charge on any atom is 0.251 e. The smallest absolute Gasteiger partial charge is 0.251 e. The Morgan fingerprint density at radius 2 is 2.18 bits per heavy atom. The molecule has 1 heterocycles. The maximum atomic E-state index is 8.62. The lowest BCUT2D eigenvalue weighted by Gasteiger charge is -2.15. The summed E-state index contributed by atoms with van der Waals surface area (Å²) in [5.74, 6) is 0. The quantitative estimate of drug-likeness (QED) is 0.462. The fraction of sp³-hybridized carbons (Fsp3) is 0.333. The molecule has 5 heteroatoms. The number of rotatable bonds is 0. The molecule has 1 aliphatic rings. The number of nitrogens with two attached hydrogens (primary N) is 1. The maximum absolute atomic E-state index is 8.62.